The summed E-state index contributed by atoms with van der Waals surface area (Å²) in [6.45, 7) is 2.19. The van der Waals surface area contributed by atoms with Crippen molar-refractivity contribution in [2.45, 2.75) is 13.8 Å². The Balaban J connectivity index is 2.65. The van der Waals surface area contributed by atoms with E-state index in [9.17, 15) is 23.5 Å². The average molecular weight is 311 g/mol. The molecule has 2 aromatic rings. The van der Waals surface area contributed by atoms with Gasteiger partial charge in [-0.25, -0.2) is 8.78 Å². The normalized spacial score (nSPS) is 10.4. The lowest BCUT2D eigenvalue weighted by atomic mass is 10.1. The molecule has 0 bridgehead atoms. The molecule has 1 heterocycles. The summed E-state index contributed by atoms with van der Waals surface area (Å²) >= 11 is 0. The Morgan fingerprint density at radius 3 is 2.32 bits per heavy atom. The third-order valence-corrected chi connectivity index (χ3v) is 2.57. The molecule has 22 heavy (non-hydrogen) atoms. The molecule has 2 rings (SSSR count). The molecule has 0 saturated heterocycles. The van der Waals surface area contributed by atoms with Gasteiger partial charge < -0.3 is 14.3 Å². The smallest absolute Gasteiger partial charge is 0.308 e. The van der Waals surface area contributed by atoms with Gasteiger partial charge in [0.1, 0.15) is 11.6 Å². The minimum absolute atomic E-state index is 0.433. The number of furan rings is 1. The van der Waals surface area contributed by atoms with Crippen LogP contribution in [0, 0.1) is 11.6 Å². The van der Waals surface area contributed by atoms with Crippen molar-refractivity contribution in [1.82, 2.24) is 0 Å². The van der Waals surface area contributed by atoms with E-state index in [1.807, 2.05) is 0 Å². The maximum Gasteiger partial charge on any atom is 0.308 e. The summed E-state index contributed by atoms with van der Waals surface area (Å²) in [4.78, 5) is 22.1. The Bertz CT molecular complexity index is 734. The Morgan fingerprint density at radius 1 is 1.23 bits per heavy atom. The first-order valence-electron chi connectivity index (χ1n) is 6.07. The van der Waals surface area contributed by atoms with Crippen LogP contribution in [0.15, 0.2) is 22.6 Å². The van der Waals surface area contributed by atoms with Crippen LogP contribution in [-0.2, 0) is 9.59 Å². The maximum atomic E-state index is 13.8. The fourth-order valence-electron chi connectivity index (χ4n) is 1.77. The number of halogens is 2. The van der Waals surface area contributed by atoms with Gasteiger partial charge in [0.15, 0.2) is 5.76 Å². The topological polar surface area (TPSA) is 88.8 Å². The van der Waals surface area contributed by atoms with Gasteiger partial charge in [0, 0.05) is 13.8 Å². The molecule has 0 aliphatic rings. The number of benzene rings is 1. The van der Waals surface area contributed by atoms with Crippen LogP contribution in [0.3, 0.4) is 0 Å². The van der Waals surface area contributed by atoms with E-state index in [-0.39, 0.29) is 0 Å². The van der Waals surface area contributed by atoms with Gasteiger partial charge in [-0.15, -0.1) is 0 Å². The predicted molar refractivity (Wildman–Crippen MR) is 71.3 cm³/mol. The summed E-state index contributed by atoms with van der Waals surface area (Å²) < 4.78 is 37.3. The number of ether oxygens (including phenoxy) is 1. The third-order valence-electron chi connectivity index (χ3n) is 2.57. The Kier molecular flexibility index (Phi) is 4.11. The minimum atomic E-state index is -0.993. The van der Waals surface area contributed by atoms with Crippen molar-refractivity contribution < 1.29 is 32.6 Å². The van der Waals surface area contributed by atoms with Gasteiger partial charge >= 0.3 is 5.97 Å². The SMILES string of the molecule is CC(=O)Nc1oc(-c2c(F)cccc2F)c(O)c1OC(C)=O. The molecular formula is C14H11F2NO5. The summed E-state index contributed by atoms with van der Waals surface area (Å²) in [6.07, 6.45) is 0. The molecule has 1 aromatic carbocycles. The molecule has 1 aromatic heterocycles. The van der Waals surface area contributed by atoms with Crippen LogP contribution in [0.2, 0.25) is 0 Å². The second-order valence-corrected chi connectivity index (χ2v) is 4.31. The number of esters is 1. The van der Waals surface area contributed by atoms with Crippen molar-refractivity contribution >= 4 is 17.8 Å². The van der Waals surface area contributed by atoms with E-state index in [2.05, 4.69) is 5.32 Å². The molecule has 0 unspecified atom stereocenters. The van der Waals surface area contributed by atoms with E-state index < -0.39 is 52.2 Å². The molecule has 0 aliphatic carbocycles. The van der Waals surface area contributed by atoms with Gasteiger partial charge in [-0.3, -0.25) is 14.9 Å². The summed E-state index contributed by atoms with van der Waals surface area (Å²) in [7, 11) is 0. The van der Waals surface area contributed by atoms with Crippen molar-refractivity contribution in [2.24, 2.45) is 0 Å². The van der Waals surface area contributed by atoms with Crippen molar-refractivity contribution in [3.8, 4) is 22.8 Å². The first-order valence-corrected chi connectivity index (χ1v) is 6.07. The zero-order chi connectivity index (χ0) is 16.4. The molecule has 2 N–H and O–H groups in total. The fourth-order valence-corrected chi connectivity index (χ4v) is 1.77. The highest BCUT2D eigenvalue weighted by molar-refractivity contribution is 5.91. The molecule has 1 amide bonds. The molecule has 0 fully saturated rings. The van der Waals surface area contributed by atoms with Gasteiger partial charge in [0.05, 0.1) is 5.56 Å². The van der Waals surface area contributed by atoms with Crippen LogP contribution >= 0.6 is 0 Å². The number of rotatable bonds is 3. The zero-order valence-corrected chi connectivity index (χ0v) is 11.6. The molecule has 0 atom stereocenters. The van der Waals surface area contributed by atoms with Crippen LogP contribution in [0.1, 0.15) is 13.8 Å². The second kappa shape index (κ2) is 5.84. The molecule has 0 spiro atoms. The van der Waals surface area contributed by atoms with E-state index in [1.165, 1.54) is 0 Å². The van der Waals surface area contributed by atoms with Crippen molar-refractivity contribution in [3.63, 3.8) is 0 Å². The van der Waals surface area contributed by atoms with Gasteiger partial charge in [-0.1, -0.05) is 6.07 Å². The lowest BCUT2D eigenvalue weighted by Gasteiger charge is -2.02. The van der Waals surface area contributed by atoms with E-state index in [4.69, 9.17) is 9.15 Å². The largest absolute Gasteiger partial charge is 0.502 e. The highest BCUT2D eigenvalue weighted by Crippen LogP contribution is 2.47. The minimum Gasteiger partial charge on any atom is -0.502 e. The molecule has 6 nitrogen and oxygen atoms in total. The first kappa shape index (κ1) is 15.5. The number of carbonyl (C=O) groups excluding carboxylic acids is 2. The van der Waals surface area contributed by atoms with Gasteiger partial charge in [-0.2, -0.15) is 0 Å². The zero-order valence-electron chi connectivity index (χ0n) is 11.6. The number of hydrogen-bond acceptors (Lipinski definition) is 5. The number of anilines is 1. The molecular weight excluding hydrogens is 300 g/mol. The monoisotopic (exact) mass is 311 g/mol. The van der Waals surface area contributed by atoms with E-state index in [1.54, 1.807) is 0 Å². The Labute approximate surface area is 123 Å². The first-order chi connectivity index (χ1) is 10.3. The van der Waals surface area contributed by atoms with Crippen molar-refractivity contribution in [2.75, 3.05) is 5.32 Å². The highest BCUT2D eigenvalue weighted by atomic mass is 19.1. The quantitative estimate of drug-likeness (QED) is 0.851. The second-order valence-electron chi connectivity index (χ2n) is 4.31. The molecule has 8 heteroatoms. The highest BCUT2D eigenvalue weighted by Gasteiger charge is 2.28. The average Bonchev–Trinajstić information content (AvgIpc) is 2.66. The van der Waals surface area contributed by atoms with Crippen LogP contribution in [-0.4, -0.2) is 17.0 Å². The van der Waals surface area contributed by atoms with Crippen LogP contribution < -0.4 is 10.1 Å². The summed E-state index contributed by atoms with van der Waals surface area (Å²) in [5.74, 6) is -5.76. The molecule has 116 valence electrons. The molecule has 0 radical (unpaired) electrons. The van der Waals surface area contributed by atoms with Crippen molar-refractivity contribution in [1.29, 1.82) is 0 Å². The summed E-state index contributed by atoms with van der Waals surface area (Å²) in [6, 6.07) is 3.06. The van der Waals surface area contributed by atoms with Crippen LogP contribution in [0.5, 0.6) is 11.5 Å². The number of hydrogen-bond donors (Lipinski definition) is 2. The number of carbonyl (C=O) groups is 2. The number of nitrogens with one attached hydrogen (secondary N) is 1. The van der Waals surface area contributed by atoms with Gasteiger partial charge in [0.2, 0.25) is 23.3 Å². The van der Waals surface area contributed by atoms with Crippen LogP contribution in [0.4, 0.5) is 14.7 Å². The van der Waals surface area contributed by atoms with Gasteiger partial charge in [0.25, 0.3) is 0 Å². The summed E-state index contributed by atoms with van der Waals surface area (Å²) in [5, 5.41) is 12.2. The standard InChI is InChI=1S/C14H11F2NO5/c1-6(18)17-14-13(21-7(2)19)11(20)12(22-14)10-8(15)4-3-5-9(10)16/h3-5,20H,1-2H3,(H,17,18). The van der Waals surface area contributed by atoms with Gasteiger partial charge in [-0.05, 0) is 12.1 Å². The lowest BCUT2D eigenvalue weighted by molar-refractivity contribution is -0.132. The molecule has 0 saturated carbocycles. The number of amides is 1. The third kappa shape index (κ3) is 2.90. The van der Waals surface area contributed by atoms with Crippen molar-refractivity contribution in [3.05, 3.63) is 29.8 Å². The Hall–Kier alpha value is -2.90. The van der Waals surface area contributed by atoms with Crippen LogP contribution in [0.25, 0.3) is 11.3 Å². The maximum absolute atomic E-state index is 13.8. The fraction of sp³-hybridized carbons (Fsp3) is 0.143. The number of aromatic hydroxyl groups is 1. The van der Waals surface area contributed by atoms with E-state index >= 15 is 0 Å². The van der Waals surface area contributed by atoms with E-state index in [0.717, 1.165) is 32.0 Å². The Morgan fingerprint density at radius 2 is 1.82 bits per heavy atom. The summed E-state index contributed by atoms with van der Waals surface area (Å²) in [5.41, 5.74) is -0.648. The molecule has 0 aliphatic heterocycles. The van der Waals surface area contributed by atoms with E-state index in [0.29, 0.717) is 0 Å². The predicted octanol–water partition coefficient (Wildman–Crippen LogP) is 2.81. The lowest BCUT2D eigenvalue weighted by Crippen LogP contribution is -2.08.